The Morgan fingerprint density at radius 3 is 2.69 bits per heavy atom. The maximum Gasteiger partial charge on any atom is 0.342 e. The number of morpholine rings is 1. The number of aromatic hydroxyl groups is 1. The molecule has 0 spiro atoms. The van der Waals surface area contributed by atoms with Gasteiger partial charge in [0.05, 0.1) is 28.3 Å². The Morgan fingerprint density at radius 2 is 1.94 bits per heavy atom. The largest absolute Gasteiger partial charge is 0.507 e. The molecule has 1 aliphatic rings. The molecule has 1 fully saturated rings. The minimum atomic E-state index is -3.87. The average molecular weight is 478 g/mol. The van der Waals surface area contributed by atoms with Crippen LogP contribution in [0.5, 0.6) is 5.75 Å². The van der Waals surface area contributed by atoms with Crippen molar-refractivity contribution in [2.24, 2.45) is 0 Å². The number of carbonyl (C=O) groups excluding carboxylic acids is 2. The number of para-hydroxylation sites is 1. The molecule has 32 heavy (non-hydrogen) atoms. The van der Waals surface area contributed by atoms with E-state index in [0.29, 0.717) is 5.13 Å². The van der Waals surface area contributed by atoms with Crippen molar-refractivity contribution in [2.75, 3.05) is 38.2 Å². The summed E-state index contributed by atoms with van der Waals surface area (Å²) < 4.78 is 37.8. The summed E-state index contributed by atoms with van der Waals surface area (Å²) in [5, 5.41) is 12.9. The average Bonchev–Trinajstić information content (AvgIpc) is 3.20. The highest BCUT2D eigenvalue weighted by molar-refractivity contribution is 7.89. The molecular formula is C20H19N3O7S2. The third kappa shape index (κ3) is 4.72. The molecule has 4 rings (SSSR count). The van der Waals surface area contributed by atoms with Crippen LogP contribution in [0.25, 0.3) is 10.2 Å². The highest BCUT2D eigenvalue weighted by Crippen LogP contribution is 2.26. The van der Waals surface area contributed by atoms with E-state index < -0.39 is 34.3 Å². The number of anilines is 1. The van der Waals surface area contributed by atoms with Gasteiger partial charge in [-0.2, -0.15) is 4.31 Å². The second-order valence-corrected chi connectivity index (χ2v) is 9.78. The lowest BCUT2D eigenvalue weighted by molar-refractivity contribution is -0.119. The molecule has 1 saturated heterocycles. The molecule has 2 aromatic carbocycles. The van der Waals surface area contributed by atoms with Crippen LogP contribution in [0.3, 0.4) is 0 Å². The zero-order valence-corrected chi connectivity index (χ0v) is 18.3. The first kappa shape index (κ1) is 22.1. The molecule has 10 nitrogen and oxygen atoms in total. The third-order valence-corrected chi connectivity index (χ3v) is 7.52. The smallest absolute Gasteiger partial charge is 0.342 e. The molecule has 0 bridgehead atoms. The van der Waals surface area contributed by atoms with Gasteiger partial charge in [-0.25, -0.2) is 18.2 Å². The molecular weight excluding hydrogens is 458 g/mol. The van der Waals surface area contributed by atoms with E-state index in [2.05, 4.69) is 10.3 Å². The Hall–Kier alpha value is -3.06. The van der Waals surface area contributed by atoms with Crippen LogP contribution < -0.4 is 5.32 Å². The first-order valence-corrected chi connectivity index (χ1v) is 11.8. The predicted molar refractivity (Wildman–Crippen MR) is 116 cm³/mol. The minimum Gasteiger partial charge on any atom is -0.507 e. The van der Waals surface area contributed by atoms with Gasteiger partial charge in [-0.15, -0.1) is 0 Å². The van der Waals surface area contributed by atoms with E-state index in [9.17, 15) is 23.1 Å². The van der Waals surface area contributed by atoms with Crippen LogP contribution in [0.2, 0.25) is 0 Å². The summed E-state index contributed by atoms with van der Waals surface area (Å²) in [5.41, 5.74) is 0.375. The van der Waals surface area contributed by atoms with Crippen molar-refractivity contribution in [3.05, 3.63) is 48.0 Å². The fourth-order valence-electron chi connectivity index (χ4n) is 3.07. The summed E-state index contributed by atoms with van der Waals surface area (Å²) in [6, 6.07) is 10.7. The van der Waals surface area contributed by atoms with Gasteiger partial charge in [0.1, 0.15) is 11.3 Å². The normalized spacial score (nSPS) is 14.9. The van der Waals surface area contributed by atoms with E-state index in [1.807, 2.05) is 24.3 Å². The number of sulfonamides is 1. The van der Waals surface area contributed by atoms with Crippen LogP contribution in [0, 0.1) is 0 Å². The number of benzene rings is 2. The number of phenols is 1. The number of carbonyl (C=O) groups is 2. The van der Waals surface area contributed by atoms with E-state index >= 15 is 0 Å². The second kappa shape index (κ2) is 9.20. The highest BCUT2D eigenvalue weighted by Gasteiger charge is 2.28. The number of aromatic nitrogens is 1. The SMILES string of the molecule is O=C(COC(=O)c1cc(S(=O)(=O)N2CCOCC2)ccc1O)Nc1nc2ccccc2s1. The van der Waals surface area contributed by atoms with Crippen LogP contribution in [-0.4, -0.2) is 67.6 Å². The van der Waals surface area contributed by atoms with Crippen LogP contribution in [0.15, 0.2) is 47.4 Å². The molecule has 3 aromatic rings. The van der Waals surface area contributed by atoms with Crippen LogP contribution in [0.1, 0.15) is 10.4 Å². The number of fused-ring (bicyclic) bond motifs is 1. The van der Waals surface area contributed by atoms with Crippen molar-refractivity contribution >= 4 is 48.6 Å². The number of rotatable bonds is 6. The first-order chi connectivity index (χ1) is 15.3. The van der Waals surface area contributed by atoms with Gasteiger partial charge in [-0.1, -0.05) is 23.5 Å². The number of nitrogens with zero attached hydrogens (tertiary/aromatic N) is 2. The maximum atomic E-state index is 12.8. The molecule has 0 aliphatic carbocycles. The van der Waals surface area contributed by atoms with Crippen LogP contribution in [-0.2, 0) is 24.3 Å². The summed E-state index contributed by atoms with van der Waals surface area (Å²) >= 11 is 1.27. The van der Waals surface area contributed by atoms with Crippen molar-refractivity contribution < 1.29 is 32.6 Å². The predicted octanol–water partition coefficient (Wildman–Crippen LogP) is 1.82. The van der Waals surface area contributed by atoms with E-state index in [0.717, 1.165) is 22.3 Å². The lowest BCUT2D eigenvalue weighted by Crippen LogP contribution is -2.40. The molecule has 0 saturated carbocycles. The Bertz CT molecular complexity index is 1230. The standard InChI is InChI=1S/C20H19N3O7S2/c24-16-6-5-13(32(27,28)23-7-9-29-10-8-23)11-14(16)19(26)30-12-18(25)22-20-21-15-3-1-2-4-17(15)31-20/h1-6,11,24H,7-10,12H2,(H,21,22,25). The summed E-state index contributed by atoms with van der Waals surface area (Å²) in [4.78, 5) is 28.7. The molecule has 168 valence electrons. The highest BCUT2D eigenvalue weighted by atomic mass is 32.2. The molecule has 0 unspecified atom stereocenters. The van der Waals surface area contributed by atoms with Gasteiger partial charge in [0.2, 0.25) is 10.0 Å². The van der Waals surface area contributed by atoms with Gasteiger partial charge in [0.15, 0.2) is 11.7 Å². The first-order valence-electron chi connectivity index (χ1n) is 9.58. The molecule has 1 aromatic heterocycles. The molecule has 0 atom stereocenters. The molecule has 1 amide bonds. The van der Waals surface area contributed by atoms with E-state index in [1.165, 1.54) is 21.7 Å². The Balaban J connectivity index is 1.42. The fraction of sp³-hybridized carbons (Fsp3) is 0.250. The number of nitrogens with one attached hydrogen (secondary N) is 1. The Labute approximate surface area is 187 Å². The molecule has 12 heteroatoms. The van der Waals surface area contributed by atoms with Gasteiger partial charge in [0.25, 0.3) is 5.91 Å². The number of esters is 1. The fourth-order valence-corrected chi connectivity index (χ4v) is 5.38. The number of amides is 1. The van der Waals surface area contributed by atoms with Gasteiger partial charge in [-0.05, 0) is 30.3 Å². The molecule has 2 N–H and O–H groups in total. The van der Waals surface area contributed by atoms with Crippen molar-refractivity contribution in [1.82, 2.24) is 9.29 Å². The zero-order valence-electron chi connectivity index (χ0n) is 16.7. The van der Waals surface area contributed by atoms with Crippen molar-refractivity contribution in [3.63, 3.8) is 0 Å². The Kier molecular flexibility index (Phi) is 6.37. The summed E-state index contributed by atoms with van der Waals surface area (Å²) in [6.45, 7) is 0.296. The van der Waals surface area contributed by atoms with Crippen LogP contribution >= 0.6 is 11.3 Å². The lowest BCUT2D eigenvalue weighted by Gasteiger charge is -2.26. The molecule has 2 heterocycles. The maximum absolute atomic E-state index is 12.8. The second-order valence-electron chi connectivity index (χ2n) is 6.81. The van der Waals surface area contributed by atoms with E-state index in [4.69, 9.17) is 9.47 Å². The van der Waals surface area contributed by atoms with Gasteiger partial charge < -0.3 is 14.6 Å². The van der Waals surface area contributed by atoms with Crippen LogP contribution in [0.4, 0.5) is 5.13 Å². The number of ether oxygens (including phenoxy) is 2. The van der Waals surface area contributed by atoms with E-state index in [1.54, 1.807) is 0 Å². The number of hydrogen-bond donors (Lipinski definition) is 2. The van der Waals surface area contributed by atoms with Gasteiger partial charge >= 0.3 is 5.97 Å². The quantitative estimate of drug-likeness (QED) is 0.513. The van der Waals surface area contributed by atoms with Crippen molar-refractivity contribution in [2.45, 2.75) is 4.90 Å². The van der Waals surface area contributed by atoms with Gasteiger partial charge in [-0.3, -0.25) is 10.1 Å². The van der Waals surface area contributed by atoms with E-state index in [-0.39, 0.29) is 36.8 Å². The van der Waals surface area contributed by atoms with Crippen molar-refractivity contribution in [3.8, 4) is 5.75 Å². The number of hydrogen-bond acceptors (Lipinski definition) is 9. The third-order valence-electron chi connectivity index (χ3n) is 4.67. The van der Waals surface area contributed by atoms with Gasteiger partial charge in [0, 0.05) is 13.1 Å². The number of thiazole rings is 1. The summed E-state index contributed by atoms with van der Waals surface area (Å²) in [6.07, 6.45) is 0. The molecule has 1 aliphatic heterocycles. The van der Waals surface area contributed by atoms with Crippen molar-refractivity contribution in [1.29, 1.82) is 0 Å². The Morgan fingerprint density at radius 1 is 1.19 bits per heavy atom. The molecule has 0 radical (unpaired) electrons. The zero-order chi connectivity index (χ0) is 22.7. The minimum absolute atomic E-state index is 0.164. The topological polar surface area (TPSA) is 135 Å². The lowest BCUT2D eigenvalue weighted by atomic mass is 10.2. The summed E-state index contributed by atoms with van der Waals surface area (Å²) in [5.74, 6) is -2.10. The number of phenolic OH excluding ortho intramolecular Hbond substituents is 1. The monoisotopic (exact) mass is 477 g/mol. The summed E-state index contributed by atoms with van der Waals surface area (Å²) in [7, 11) is -3.87.